The fourth-order valence-electron chi connectivity index (χ4n) is 1.16. The molecule has 15 heavy (non-hydrogen) atoms. The van der Waals surface area contributed by atoms with Gasteiger partial charge in [0.2, 0.25) is 0 Å². The molecule has 0 spiro atoms. The van der Waals surface area contributed by atoms with Crippen molar-refractivity contribution >= 4 is 11.3 Å². The first-order chi connectivity index (χ1) is 7.07. The largest absolute Gasteiger partial charge is 0.396 e. The van der Waals surface area contributed by atoms with Gasteiger partial charge in [0.25, 0.3) is 0 Å². The Morgan fingerprint density at radius 1 is 1.33 bits per heavy atom. The second-order valence-corrected chi connectivity index (χ2v) is 5.79. The van der Waals surface area contributed by atoms with Crippen LogP contribution < -0.4 is 0 Å². The van der Waals surface area contributed by atoms with Crippen molar-refractivity contribution in [2.75, 3.05) is 13.2 Å². The Labute approximate surface area is 95.9 Å². The van der Waals surface area contributed by atoms with E-state index in [0.717, 1.165) is 6.42 Å². The van der Waals surface area contributed by atoms with Crippen molar-refractivity contribution in [3.63, 3.8) is 0 Å². The predicted octanol–water partition coefficient (Wildman–Crippen LogP) is 2.85. The van der Waals surface area contributed by atoms with Crippen LogP contribution >= 0.6 is 11.3 Å². The minimum atomic E-state index is -0.134. The smallest absolute Gasteiger partial charge is 0.0809 e. The number of thiophene rings is 1. The molecule has 0 aliphatic heterocycles. The topological polar surface area (TPSA) is 29.5 Å². The van der Waals surface area contributed by atoms with E-state index in [1.165, 1.54) is 9.75 Å². The molecule has 0 radical (unpaired) electrons. The summed E-state index contributed by atoms with van der Waals surface area (Å²) in [7, 11) is 0. The van der Waals surface area contributed by atoms with E-state index < -0.39 is 0 Å². The summed E-state index contributed by atoms with van der Waals surface area (Å²) in [4.78, 5) is 2.66. The first-order valence-electron chi connectivity index (χ1n) is 5.33. The Morgan fingerprint density at radius 2 is 2.00 bits per heavy atom. The molecular weight excluding hydrogens is 208 g/mol. The highest BCUT2D eigenvalue weighted by molar-refractivity contribution is 7.11. The lowest BCUT2D eigenvalue weighted by molar-refractivity contribution is 0.0207. The van der Waals surface area contributed by atoms with Gasteiger partial charge in [0.15, 0.2) is 0 Å². The minimum absolute atomic E-state index is 0.134. The number of aliphatic hydroxyl groups excluding tert-OH is 1. The molecule has 0 saturated heterocycles. The molecule has 2 nitrogen and oxygen atoms in total. The van der Waals surface area contributed by atoms with Crippen LogP contribution in [0.4, 0.5) is 0 Å². The summed E-state index contributed by atoms with van der Waals surface area (Å²) in [5.41, 5.74) is -0.134. The quantitative estimate of drug-likeness (QED) is 0.811. The van der Waals surface area contributed by atoms with Gasteiger partial charge in [-0.05, 0) is 18.6 Å². The van der Waals surface area contributed by atoms with E-state index in [4.69, 9.17) is 9.84 Å². The molecule has 0 unspecified atom stereocenters. The summed E-state index contributed by atoms with van der Waals surface area (Å²) in [5.74, 6) is 0. The van der Waals surface area contributed by atoms with Crippen LogP contribution in [0.2, 0.25) is 0 Å². The molecule has 0 fully saturated rings. The number of rotatable bonds is 6. The van der Waals surface area contributed by atoms with Crippen molar-refractivity contribution in [3.05, 3.63) is 21.9 Å². The molecule has 1 N–H and O–H groups in total. The molecule has 0 aliphatic carbocycles. The van der Waals surface area contributed by atoms with Crippen LogP contribution in [-0.4, -0.2) is 18.3 Å². The van der Waals surface area contributed by atoms with Gasteiger partial charge in [0, 0.05) is 15.2 Å². The zero-order valence-electron chi connectivity index (χ0n) is 9.75. The van der Waals surface area contributed by atoms with Gasteiger partial charge in [-0.3, -0.25) is 0 Å². The van der Waals surface area contributed by atoms with Crippen LogP contribution in [-0.2, 0) is 17.8 Å². The number of ether oxygens (including phenoxy) is 1. The van der Waals surface area contributed by atoms with Crippen LogP contribution in [0, 0.1) is 5.41 Å². The molecule has 0 bridgehead atoms. The summed E-state index contributed by atoms with van der Waals surface area (Å²) in [5, 5.41) is 9.06. The van der Waals surface area contributed by atoms with Gasteiger partial charge in [-0.25, -0.2) is 0 Å². The summed E-state index contributed by atoms with van der Waals surface area (Å²) < 4.78 is 5.58. The Hall–Kier alpha value is -0.380. The normalized spacial score (nSPS) is 12.0. The van der Waals surface area contributed by atoms with E-state index in [-0.39, 0.29) is 12.0 Å². The Bertz CT molecular complexity index is 292. The highest BCUT2D eigenvalue weighted by Gasteiger charge is 2.16. The van der Waals surface area contributed by atoms with E-state index in [0.29, 0.717) is 13.2 Å². The van der Waals surface area contributed by atoms with E-state index >= 15 is 0 Å². The summed E-state index contributed by atoms with van der Waals surface area (Å²) in [6, 6.07) is 4.27. The Balaban J connectivity index is 2.31. The monoisotopic (exact) mass is 228 g/mol. The number of hydrogen-bond donors (Lipinski definition) is 1. The fraction of sp³-hybridized carbons (Fsp3) is 0.667. The summed E-state index contributed by atoms with van der Waals surface area (Å²) in [6.07, 6.45) is 1.09. The maximum Gasteiger partial charge on any atom is 0.0809 e. The predicted molar refractivity (Wildman–Crippen MR) is 64.2 cm³/mol. The molecule has 1 rings (SSSR count). The zero-order chi connectivity index (χ0) is 11.3. The lowest BCUT2D eigenvalue weighted by Gasteiger charge is -2.20. The minimum Gasteiger partial charge on any atom is -0.396 e. The van der Waals surface area contributed by atoms with Crippen molar-refractivity contribution < 1.29 is 9.84 Å². The third-order valence-corrected chi connectivity index (χ3v) is 3.43. The second-order valence-electron chi connectivity index (χ2n) is 4.54. The van der Waals surface area contributed by atoms with E-state index in [2.05, 4.69) is 19.1 Å². The Kier molecular flexibility index (Phi) is 4.77. The fourth-order valence-corrected chi connectivity index (χ4v) is 2.06. The summed E-state index contributed by atoms with van der Waals surface area (Å²) in [6.45, 7) is 7.58. The van der Waals surface area contributed by atoms with Gasteiger partial charge in [-0.2, -0.15) is 0 Å². The average molecular weight is 228 g/mol. The van der Waals surface area contributed by atoms with Crippen LogP contribution in [0.25, 0.3) is 0 Å². The zero-order valence-corrected chi connectivity index (χ0v) is 10.6. The van der Waals surface area contributed by atoms with Gasteiger partial charge < -0.3 is 9.84 Å². The number of aryl methyl sites for hydroxylation is 1. The van der Waals surface area contributed by atoms with Gasteiger partial charge in [0.1, 0.15) is 0 Å². The van der Waals surface area contributed by atoms with E-state index in [1.54, 1.807) is 11.3 Å². The van der Waals surface area contributed by atoms with Crippen molar-refractivity contribution in [3.8, 4) is 0 Å². The van der Waals surface area contributed by atoms with E-state index in [9.17, 15) is 0 Å². The summed E-state index contributed by atoms with van der Waals surface area (Å²) >= 11 is 1.80. The molecule has 1 aromatic heterocycles. The molecular formula is C12H20O2S. The lowest BCUT2D eigenvalue weighted by Crippen LogP contribution is -2.23. The molecule has 0 aliphatic rings. The maximum absolute atomic E-state index is 9.06. The van der Waals surface area contributed by atoms with Gasteiger partial charge in [0.05, 0.1) is 19.8 Å². The van der Waals surface area contributed by atoms with Crippen molar-refractivity contribution in [2.24, 2.45) is 5.41 Å². The highest BCUT2D eigenvalue weighted by Crippen LogP contribution is 2.19. The molecule has 0 amide bonds. The van der Waals surface area contributed by atoms with E-state index in [1.807, 2.05) is 13.8 Å². The van der Waals surface area contributed by atoms with Gasteiger partial charge in [-0.1, -0.05) is 20.8 Å². The highest BCUT2D eigenvalue weighted by atomic mass is 32.1. The second kappa shape index (κ2) is 5.64. The molecule has 3 heteroatoms. The van der Waals surface area contributed by atoms with Crippen molar-refractivity contribution in [1.29, 1.82) is 0 Å². The third kappa shape index (κ3) is 4.33. The third-order valence-electron chi connectivity index (χ3n) is 2.23. The van der Waals surface area contributed by atoms with Crippen LogP contribution in [0.15, 0.2) is 12.1 Å². The molecule has 1 aromatic rings. The van der Waals surface area contributed by atoms with Crippen LogP contribution in [0.3, 0.4) is 0 Å². The van der Waals surface area contributed by atoms with Crippen molar-refractivity contribution in [2.45, 2.75) is 33.8 Å². The molecule has 0 aromatic carbocycles. The maximum atomic E-state index is 9.06. The van der Waals surface area contributed by atoms with Crippen molar-refractivity contribution in [1.82, 2.24) is 0 Å². The molecule has 0 atom stereocenters. The Morgan fingerprint density at radius 3 is 2.53 bits per heavy atom. The lowest BCUT2D eigenvalue weighted by atomic mass is 9.97. The first kappa shape index (κ1) is 12.7. The average Bonchev–Trinajstić information content (AvgIpc) is 2.66. The molecule has 86 valence electrons. The standard InChI is InChI=1S/C12H20O2S/c1-4-10-5-6-11(15-10)7-14-9-12(2,3)8-13/h5-6,13H,4,7-9H2,1-3H3. The number of hydrogen-bond acceptors (Lipinski definition) is 3. The first-order valence-corrected chi connectivity index (χ1v) is 6.15. The SMILES string of the molecule is CCc1ccc(COCC(C)(C)CO)s1. The van der Waals surface area contributed by atoms with Gasteiger partial charge in [-0.15, -0.1) is 11.3 Å². The molecule has 1 heterocycles. The molecule has 0 saturated carbocycles. The van der Waals surface area contributed by atoms with Crippen LogP contribution in [0.5, 0.6) is 0 Å². The number of aliphatic hydroxyl groups is 1. The van der Waals surface area contributed by atoms with Gasteiger partial charge >= 0.3 is 0 Å². The van der Waals surface area contributed by atoms with Crippen LogP contribution in [0.1, 0.15) is 30.5 Å².